The Morgan fingerprint density at radius 2 is 2.06 bits per heavy atom. The van der Waals surface area contributed by atoms with Gasteiger partial charge in [0.25, 0.3) is 0 Å². The monoisotopic (exact) mass is 254 g/mol. The van der Waals surface area contributed by atoms with E-state index in [0.29, 0.717) is 11.8 Å². The Morgan fingerprint density at radius 3 is 2.69 bits per heavy atom. The van der Waals surface area contributed by atoms with Gasteiger partial charge >= 0.3 is 0 Å². The van der Waals surface area contributed by atoms with Gasteiger partial charge in [-0.1, -0.05) is 12.1 Å². The molecule has 0 bridgehead atoms. The van der Waals surface area contributed by atoms with Crippen LogP contribution in [0.1, 0.15) is 18.2 Å². The summed E-state index contributed by atoms with van der Waals surface area (Å²) in [4.78, 5) is 1.11. The fourth-order valence-electron chi connectivity index (χ4n) is 1.33. The standard InChI is InChI=1S/C11H11ClN2OS/c1-7(12)10-13-14-11(15-10)8-5-3-4-6-9(8)16-2/h3-7H,1-2H3. The summed E-state index contributed by atoms with van der Waals surface area (Å²) >= 11 is 7.52. The van der Waals surface area contributed by atoms with E-state index in [2.05, 4.69) is 10.2 Å². The zero-order chi connectivity index (χ0) is 11.5. The van der Waals surface area contributed by atoms with Gasteiger partial charge in [-0.25, -0.2) is 0 Å². The van der Waals surface area contributed by atoms with Crippen LogP contribution < -0.4 is 0 Å². The van der Waals surface area contributed by atoms with Gasteiger partial charge in [-0.2, -0.15) is 0 Å². The van der Waals surface area contributed by atoms with Gasteiger partial charge in [0, 0.05) is 4.90 Å². The molecule has 16 heavy (non-hydrogen) atoms. The van der Waals surface area contributed by atoms with Crippen molar-refractivity contribution >= 4 is 23.4 Å². The molecule has 2 rings (SSSR count). The molecule has 0 spiro atoms. The van der Waals surface area contributed by atoms with E-state index in [0.717, 1.165) is 10.5 Å². The summed E-state index contributed by atoms with van der Waals surface area (Å²) < 4.78 is 5.51. The number of rotatable bonds is 3. The van der Waals surface area contributed by atoms with E-state index in [1.165, 1.54) is 0 Å². The Bertz CT molecular complexity index is 484. The lowest BCUT2D eigenvalue weighted by molar-refractivity contribution is 0.506. The van der Waals surface area contributed by atoms with Gasteiger partial charge in [0.1, 0.15) is 5.38 Å². The molecule has 0 saturated heterocycles. The predicted molar refractivity (Wildman–Crippen MR) is 65.8 cm³/mol. The van der Waals surface area contributed by atoms with E-state index in [1.807, 2.05) is 30.5 Å². The second-order valence-electron chi connectivity index (χ2n) is 3.26. The highest BCUT2D eigenvalue weighted by Gasteiger charge is 2.14. The summed E-state index contributed by atoms with van der Waals surface area (Å²) in [6.45, 7) is 1.80. The average Bonchev–Trinajstić information content (AvgIpc) is 2.78. The van der Waals surface area contributed by atoms with Gasteiger partial charge in [0.05, 0.1) is 5.56 Å². The van der Waals surface area contributed by atoms with E-state index < -0.39 is 0 Å². The summed E-state index contributed by atoms with van der Waals surface area (Å²) in [7, 11) is 0. The summed E-state index contributed by atoms with van der Waals surface area (Å²) in [6.07, 6.45) is 2.01. The van der Waals surface area contributed by atoms with Gasteiger partial charge in [-0.3, -0.25) is 0 Å². The molecule has 0 aliphatic rings. The Morgan fingerprint density at radius 1 is 1.31 bits per heavy atom. The van der Waals surface area contributed by atoms with E-state index in [1.54, 1.807) is 18.7 Å². The van der Waals surface area contributed by atoms with Crippen molar-refractivity contribution in [1.82, 2.24) is 10.2 Å². The summed E-state index contributed by atoms with van der Waals surface area (Å²) in [5.74, 6) is 0.972. The highest BCUT2D eigenvalue weighted by molar-refractivity contribution is 7.98. The van der Waals surface area contributed by atoms with Crippen LogP contribution in [0.2, 0.25) is 0 Å². The topological polar surface area (TPSA) is 38.9 Å². The number of hydrogen-bond donors (Lipinski definition) is 0. The van der Waals surface area contributed by atoms with Crippen molar-refractivity contribution in [3.63, 3.8) is 0 Å². The first-order valence-corrected chi connectivity index (χ1v) is 6.49. The number of halogens is 1. The molecule has 0 aliphatic carbocycles. The summed E-state index contributed by atoms with van der Waals surface area (Å²) in [6, 6.07) is 7.91. The number of hydrogen-bond acceptors (Lipinski definition) is 4. The van der Waals surface area contributed by atoms with Crippen molar-refractivity contribution in [2.24, 2.45) is 0 Å². The van der Waals surface area contributed by atoms with Crippen LogP contribution in [-0.2, 0) is 0 Å². The molecule has 0 radical (unpaired) electrons. The minimum Gasteiger partial charge on any atom is -0.419 e. The number of aromatic nitrogens is 2. The average molecular weight is 255 g/mol. The van der Waals surface area contributed by atoms with E-state index in [4.69, 9.17) is 16.0 Å². The minimum absolute atomic E-state index is 0.261. The van der Waals surface area contributed by atoms with Gasteiger partial charge in [0.2, 0.25) is 11.8 Å². The molecule has 0 saturated carbocycles. The molecule has 5 heteroatoms. The Labute approximate surface area is 103 Å². The predicted octanol–water partition coefficient (Wildman–Crippen LogP) is 3.76. The first-order valence-electron chi connectivity index (χ1n) is 4.83. The van der Waals surface area contributed by atoms with E-state index in [9.17, 15) is 0 Å². The molecule has 3 nitrogen and oxygen atoms in total. The SMILES string of the molecule is CSc1ccccc1-c1nnc(C(C)Cl)o1. The molecule has 1 heterocycles. The third-order valence-corrected chi connectivity index (χ3v) is 3.10. The minimum atomic E-state index is -0.261. The Kier molecular flexibility index (Phi) is 3.51. The molecular formula is C11H11ClN2OS. The molecule has 2 aromatic rings. The van der Waals surface area contributed by atoms with Crippen molar-refractivity contribution in [2.45, 2.75) is 17.2 Å². The second-order valence-corrected chi connectivity index (χ2v) is 4.76. The smallest absolute Gasteiger partial charge is 0.248 e. The normalized spacial score (nSPS) is 12.7. The lowest BCUT2D eigenvalue weighted by Gasteiger charge is -2.01. The zero-order valence-corrected chi connectivity index (χ0v) is 10.5. The molecule has 84 valence electrons. The van der Waals surface area contributed by atoms with Crippen molar-refractivity contribution < 1.29 is 4.42 Å². The number of nitrogens with zero attached hydrogens (tertiary/aromatic N) is 2. The number of benzene rings is 1. The first-order chi connectivity index (χ1) is 7.72. The van der Waals surface area contributed by atoms with E-state index >= 15 is 0 Å². The van der Waals surface area contributed by atoms with Crippen LogP contribution in [0.3, 0.4) is 0 Å². The van der Waals surface area contributed by atoms with Crippen LogP contribution in [0, 0.1) is 0 Å². The first kappa shape index (κ1) is 11.5. The molecule has 0 N–H and O–H groups in total. The molecule has 1 unspecified atom stereocenters. The van der Waals surface area contributed by atoms with Crippen LogP contribution in [0.15, 0.2) is 33.6 Å². The van der Waals surface area contributed by atoms with Crippen molar-refractivity contribution in [3.8, 4) is 11.5 Å². The Balaban J connectivity index is 2.42. The lowest BCUT2D eigenvalue weighted by Crippen LogP contribution is -1.82. The van der Waals surface area contributed by atoms with Crippen LogP contribution in [0.25, 0.3) is 11.5 Å². The van der Waals surface area contributed by atoms with Crippen LogP contribution in [0.4, 0.5) is 0 Å². The quantitative estimate of drug-likeness (QED) is 0.618. The molecule has 0 amide bonds. The van der Waals surface area contributed by atoms with Gasteiger partial charge < -0.3 is 4.42 Å². The maximum absolute atomic E-state index is 5.88. The fraction of sp³-hybridized carbons (Fsp3) is 0.273. The second kappa shape index (κ2) is 4.89. The van der Waals surface area contributed by atoms with Crippen molar-refractivity contribution in [3.05, 3.63) is 30.2 Å². The number of alkyl halides is 1. The molecule has 1 aromatic carbocycles. The molecule has 0 aliphatic heterocycles. The molecule has 1 aromatic heterocycles. The third kappa shape index (κ3) is 2.23. The molecular weight excluding hydrogens is 244 g/mol. The summed E-state index contributed by atoms with van der Waals surface area (Å²) in [5.41, 5.74) is 0.950. The largest absolute Gasteiger partial charge is 0.419 e. The van der Waals surface area contributed by atoms with Crippen LogP contribution in [-0.4, -0.2) is 16.5 Å². The van der Waals surface area contributed by atoms with Crippen LogP contribution >= 0.6 is 23.4 Å². The Hall–Kier alpha value is -1.000. The van der Waals surface area contributed by atoms with Gasteiger partial charge in [0.15, 0.2) is 0 Å². The molecule has 0 fully saturated rings. The maximum atomic E-state index is 5.88. The molecule has 1 atom stereocenters. The highest BCUT2D eigenvalue weighted by Crippen LogP contribution is 2.30. The highest BCUT2D eigenvalue weighted by atomic mass is 35.5. The van der Waals surface area contributed by atoms with Crippen molar-refractivity contribution in [2.75, 3.05) is 6.26 Å². The number of thioether (sulfide) groups is 1. The van der Waals surface area contributed by atoms with Gasteiger partial charge in [-0.15, -0.1) is 33.6 Å². The van der Waals surface area contributed by atoms with Crippen LogP contribution in [0.5, 0.6) is 0 Å². The van der Waals surface area contributed by atoms with E-state index in [-0.39, 0.29) is 5.38 Å². The lowest BCUT2D eigenvalue weighted by atomic mass is 10.2. The van der Waals surface area contributed by atoms with Crippen molar-refractivity contribution in [1.29, 1.82) is 0 Å². The maximum Gasteiger partial charge on any atom is 0.248 e. The summed E-state index contributed by atoms with van der Waals surface area (Å²) in [5, 5.41) is 7.65. The fourth-order valence-corrected chi connectivity index (χ4v) is 2.00. The zero-order valence-electron chi connectivity index (χ0n) is 8.98. The van der Waals surface area contributed by atoms with Gasteiger partial charge in [-0.05, 0) is 25.3 Å². The third-order valence-electron chi connectivity index (χ3n) is 2.12.